The Hall–Kier alpha value is -2.11. The number of hydrogen-bond donors (Lipinski definition) is 0. The molecule has 0 radical (unpaired) electrons. The van der Waals surface area contributed by atoms with Crippen LogP contribution < -0.4 is 0 Å². The lowest BCUT2D eigenvalue weighted by Crippen LogP contribution is -2.12. The van der Waals surface area contributed by atoms with Crippen LogP contribution in [0.1, 0.15) is 29.7 Å². The van der Waals surface area contributed by atoms with E-state index in [9.17, 15) is 4.79 Å². The summed E-state index contributed by atoms with van der Waals surface area (Å²) in [7, 11) is 0. The molecule has 0 aliphatic heterocycles. The van der Waals surface area contributed by atoms with Crippen LogP contribution in [0.4, 0.5) is 0 Å². The number of aromatic nitrogens is 5. The van der Waals surface area contributed by atoms with Crippen LogP contribution in [0.5, 0.6) is 0 Å². The van der Waals surface area contributed by atoms with E-state index >= 15 is 0 Å². The van der Waals surface area contributed by atoms with Crippen molar-refractivity contribution >= 4 is 5.78 Å². The molecule has 2 aromatic heterocycles. The van der Waals surface area contributed by atoms with Crippen molar-refractivity contribution in [2.24, 2.45) is 0 Å². The van der Waals surface area contributed by atoms with Gasteiger partial charge in [0.25, 0.3) is 0 Å². The van der Waals surface area contributed by atoms with Crippen LogP contribution in [0.3, 0.4) is 0 Å². The van der Waals surface area contributed by atoms with Crippen molar-refractivity contribution in [3.05, 3.63) is 36.4 Å². The fourth-order valence-corrected chi connectivity index (χ4v) is 1.51. The highest BCUT2D eigenvalue weighted by Crippen LogP contribution is 2.02. The first-order valence-corrected chi connectivity index (χ1v) is 5.47. The van der Waals surface area contributed by atoms with Gasteiger partial charge in [0.15, 0.2) is 5.78 Å². The van der Waals surface area contributed by atoms with Crippen molar-refractivity contribution in [1.29, 1.82) is 0 Å². The van der Waals surface area contributed by atoms with Gasteiger partial charge in [0.2, 0.25) is 0 Å². The molecule has 0 aliphatic rings. The Labute approximate surface area is 98.7 Å². The Balaban J connectivity index is 2.11. The second-order valence-corrected chi connectivity index (χ2v) is 3.59. The number of hydrogen-bond acceptors (Lipinski definition) is 5. The maximum absolute atomic E-state index is 11.9. The molecule has 0 saturated heterocycles. The lowest BCUT2D eigenvalue weighted by Gasteiger charge is -2.03. The molecule has 88 valence electrons. The van der Waals surface area contributed by atoms with Gasteiger partial charge in [0.1, 0.15) is 24.2 Å². The van der Waals surface area contributed by atoms with Gasteiger partial charge in [0, 0.05) is 12.7 Å². The molecule has 0 aromatic carbocycles. The third-order valence-corrected chi connectivity index (χ3v) is 2.32. The maximum atomic E-state index is 11.9. The van der Waals surface area contributed by atoms with Crippen molar-refractivity contribution in [3.63, 3.8) is 0 Å². The molecule has 0 amide bonds. The number of nitrogens with zero attached hydrogens (tertiary/aromatic N) is 5. The van der Waals surface area contributed by atoms with E-state index in [1.807, 2.05) is 0 Å². The van der Waals surface area contributed by atoms with Crippen molar-refractivity contribution in [3.8, 4) is 0 Å². The molecule has 0 unspecified atom stereocenters. The molecule has 0 N–H and O–H groups in total. The van der Waals surface area contributed by atoms with Gasteiger partial charge in [-0.15, -0.1) is 0 Å². The van der Waals surface area contributed by atoms with Crippen molar-refractivity contribution in [2.45, 2.75) is 26.3 Å². The Bertz CT molecular complexity index is 494. The second kappa shape index (κ2) is 5.29. The summed E-state index contributed by atoms with van der Waals surface area (Å²) in [5.74, 6) is 0.605. The zero-order valence-corrected chi connectivity index (χ0v) is 9.58. The number of carbonyl (C=O) groups excluding carboxylic acids is 1. The van der Waals surface area contributed by atoms with Crippen LogP contribution in [0.15, 0.2) is 24.9 Å². The van der Waals surface area contributed by atoms with Gasteiger partial charge in [-0.2, -0.15) is 5.10 Å². The molecule has 0 fully saturated rings. The summed E-state index contributed by atoms with van der Waals surface area (Å²) in [6.45, 7) is 2.82. The Morgan fingerprint density at radius 2 is 2.24 bits per heavy atom. The summed E-state index contributed by atoms with van der Waals surface area (Å²) in [6, 6.07) is 1.60. The third-order valence-electron chi connectivity index (χ3n) is 2.32. The Kier molecular flexibility index (Phi) is 3.54. The molecule has 17 heavy (non-hydrogen) atoms. The number of rotatable bonds is 5. The molecule has 6 heteroatoms. The summed E-state index contributed by atoms with van der Waals surface area (Å²) < 4.78 is 1.75. The van der Waals surface area contributed by atoms with Gasteiger partial charge in [-0.1, -0.05) is 6.92 Å². The molecule has 0 spiro atoms. The van der Waals surface area contributed by atoms with Crippen LogP contribution >= 0.6 is 0 Å². The molecule has 0 bridgehead atoms. The summed E-state index contributed by atoms with van der Waals surface area (Å²) in [5.41, 5.74) is 0.408. The van der Waals surface area contributed by atoms with E-state index < -0.39 is 0 Å². The molecule has 0 atom stereocenters. The molecule has 0 saturated carbocycles. The highest BCUT2D eigenvalue weighted by molar-refractivity contribution is 5.95. The van der Waals surface area contributed by atoms with Gasteiger partial charge in [-0.3, -0.25) is 4.79 Å². The first kappa shape index (κ1) is 11.4. The molecule has 2 rings (SSSR count). The molecule has 2 heterocycles. The lowest BCUT2D eigenvalue weighted by atomic mass is 10.2. The highest BCUT2D eigenvalue weighted by atomic mass is 16.1. The van der Waals surface area contributed by atoms with E-state index in [0.29, 0.717) is 11.5 Å². The summed E-state index contributed by atoms with van der Waals surface area (Å²) >= 11 is 0. The summed E-state index contributed by atoms with van der Waals surface area (Å²) in [4.78, 5) is 23.7. The number of Topliss-reactive ketones (excluding diaryl/α,β-unsaturated/α-hetero) is 1. The minimum Gasteiger partial charge on any atom is -0.292 e. The molecular formula is C11H13N5O. The quantitative estimate of drug-likeness (QED) is 0.715. The van der Waals surface area contributed by atoms with Gasteiger partial charge in [-0.05, 0) is 12.5 Å². The van der Waals surface area contributed by atoms with Crippen LogP contribution in [0, 0.1) is 0 Å². The fourth-order valence-electron chi connectivity index (χ4n) is 1.51. The van der Waals surface area contributed by atoms with Crippen LogP contribution in [-0.4, -0.2) is 30.5 Å². The summed E-state index contributed by atoms with van der Waals surface area (Å²) in [6.07, 6.45) is 5.56. The average molecular weight is 231 g/mol. The lowest BCUT2D eigenvalue weighted by molar-refractivity contribution is 0.0984. The minimum atomic E-state index is -0.0715. The second-order valence-electron chi connectivity index (χ2n) is 3.59. The fraction of sp³-hybridized carbons (Fsp3) is 0.364. The largest absolute Gasteiger partial charge is 0.292 e. The van der Waals surface area contributed by atoms with E-state index in [2.05, 4.69) is 27.0 Å². The Morgan fingerprint density at radius 1 is 1.35 bits per heavy atom. The van der Waals surface area contributed by atoms with Crippen molar-refractivity contribution < 1.29 is 4.79 Å². The van der Waals surface area contributed by atoms with Crippen LogP contribution in [0.25, 0.3) is 0 Å². The zero-order chi connectivity index (χ0) is 12.1. The van der Waals surface area contributed by atoms with Crippen LogP contribution in [-0.2, 0) is 13.0 Å². The normalized spacial score (nSPS) is 10.4. The maximum Gasteiger partial charge on any atom is 0.188 e. The van der Waals surface area contributed by atoms with E-state index in [1.54, 1.807) is 16.9 Å². The van der Waals surface area contributed by atoms with E-state index in [0.717, 1.165) is 13.0 Å². The predicted octanol–water partition coefficient (Wildman–Crippen LogP) is 0.903. The molecule has 0 aliphatic carbocycles. The molecule has 2 aromatic rings. The third kappa shape index (κ3) is 2.72. The predicted molar refractivity (Wildman–Crippen MR) is 60.4 cm³/mol. The average Bonchev–Trinajstić information content (AvgIpc) is 2.78. The topological polar surface area (TPSA) is 73.6 Å². The van der Waals surface area contributed by atoms with Gasteiger partial charge in [-0.25, -0.2) is 19.6 Å². The summed E-state index contributed by atoms with van der Waals surface area (Å²) in [5, 5.41) is 4.07. The molecule has 6 nitrogen and oxygen atoms in total. The van der Waals surface area contributed by atoms with Gasteiger partial charge >= 0.3 is 0 Å². The number of ketones is 1. The first-order valence-electron chi connectivity index (χ1n) is 5.47. The minimum absolute atomic E-state index is 0.0715. The number of carbonyl (C=O) groups is 1. The smallest absolute Gasteiger partial charge is 0.188 e. The zero-order valence-electron chi connectivity index (χ0n) is 9.58. The number of aryl methyl sites for hydroxylation is 1. The van der Waals surface area contributed by atoms with Crippen molar-refractivity contribution in [1.82, 2.24) is 24.7 Å². The monoisotopic (exact) mass is 231 g/mol. The Morgan fingerprint density at radius 3 is 2.94 bits per heavy atom. The van der Waals surface area contributed by atoms with E-state index in [-0.39, 0.29) is 12.2 Å². The van der Waals surface area contributed by atoms with Crippen molar-refractivity contribution in [2.75, 3.05) is 0 Å². The standard InChI is InChI=1S/C11H13N5O/c1-2-5-16-11(14-8-15-16)6-10(17)9-3-4-12-7-13-9/h3-4,7-8H,2,5-6H2,1H3. The van der Waals surface area contributed by atoms with Gasteiger partial charge in [0.05, 0.1) is 6.42 Å². The SMILES string of the molecule is CCCn1ncnc1CC(=O)c1ccncn1. The van der Waals surface area contributed by atoms with E-state index in [4.69, 9.17) is 0 Å². The highest BCUT2D eigenvalue weighted by Gasteiger charge is 2.12. The first-order chi connectivity index (χ1) is 8.31. The van der Waals surface area contributed by atoms with E-state index in [1.165, 1.54) is 12.7 Å². The van der Waals surface area contributed by atoms with Crippen LogP contribution in [0.2, 0.25) is 0 Å². The molecular weight excluding hydrogens is 218 g/mol. The van der Waals surface area contributed by atoms with Gasteiger partial charge < -0.3 is 0 Å².